The summed E-state index contributed by atoms with van der Waals surface area (Å²) in [6.45, 7) is 0.935. The number of benzene rings is 1. The molecule has 1 saturated heterocycles. The zero-order valence-corrected chi connectivity index (χ0v) is 10.9. The summed E-state index contributed by atoms with van der Waals surface area (Å²) in [5, 5.41) is 5.89. The van der Waals surface area contributed by atoms with E-state index in [1.54, 1.807) is 18.2 Å². The zero-order valence-electron chi connectivity index (χ0n) is 10.9. The number of anilines is 1. The third kappa shape index (κ3) is 2.33. The van der Waals surface area contributed by atoms with Gasteiger partial charge in [0.1, 0.15) is 0 Å². The molecule has 0 spiro atoms. The van der Waals surface area contributed by atoms with Gasteiger partial charge in [-0.15, -0.1) is 0 Å². The molecule has 3 rings (SSSR count). The Morgan fingerprint density at radius 2 is 2.25 bits per heavy atom. The van der Waals surface area contributed by atoms with Crippen molar-refractivity contribution in [1.29, 1.82) is 0 Å². The van der Waals surface area contributed by atoms with Crippen LogP contribution < -0.4 is 16.4 Å². The molecule has 1 aromatic heterocycles. The molecule has 0 radical (unpaired) electrons. The lowest BCUT2D eigenvalue weighted by Crippen LogP contribution is -2.39. The third-order valence-corrected chi connectivity index (χ3v) is 3.47. The van der Waals surface area contributed by atoms with Gasteiger partial charge in [-0.25, -0.2) is 4.79 Å². The van der Waals surface area contributed by atoms with Gasteiger partial charge in [0.05, 0.1) is 24.6 Å². The minimum atomic E-state index is -0.511. The van der Waals surface area contributed by atoms with E-state index in [1.807, 2.05) is 7.05 Å². The van der Waals surface area contributed by atoms with E-state index in [2.05, 4.69) is 15.6 Å². The predicted molar refractivity (Wildman–Crippen MR) is 72.6 cm³/mol. The molecule has 0 aliphatic carbocycles. The Morgan fingerprint density at radius 3 is 3.05 bits per heavy atom. The average Bonchev–Trinajstić information content (AvgIpc) is 3.02. The number of aromatic amines is 1. The molecule has 1 aliphatic heterocycles. The van der Waals surface area contributed by atoms with Crippen LogP contribution >= 0.6 is 0 Å². The van der Waals surface area contributed by atoms with Crippen LogP contribution in [0.1, 0.15) is 0 Å². The molecule has 7 heteroatoms. The molecule has 1 aliphatic rings. The molecule has 1 fully saturated rings. The molecule has 0 saturated carbocycles. The van der Waals surface area contributed by atoms with Crippen LogP contribution in [0.4, 0.5) is 5.69 Å². The van der Waals surface area contributed by atoms with Crippen molar-refractivity contribution < 1.29 is 13.9 Å². The Morgan fingerprint density at radius 1 is 1.40 bits per heavy atom. The normalized spacial score (nSPS) is 22.2. The molecule has 1 amide bonds. The number of hydrogen-bond acceptors (Lipinski definition) is 5. The Bertz CT molecular complexity index is 690. The van der Waals surface area contributed by atoms with Gasteiger partial charge in [0, 0.05) is 11.7 Å². The number of H-pyrrole nitrogens is 1. The third-order valence-electron chi connectivity index (χ3n) is 3.47. The summed E-state index contributed by atoms with van der Waals surface area (Å²) < 4.78 is 10.2. The Hall–Kier alpha value is -2.12. The summed E-state index contributed by atoms with van der Waals surface area (Å²) in [5.41, 5.74) is 1.63. The highest BCUT2D eigenvalue weighted by Crippen LogP contribution is 2.19. The number of amides is 1. The van der Waals surface area contributed by atoms with Gasteiger partial charge in [-0.2, -0.15) is 0 Å². The van der Waals surface area contributed by atoms with E-state index in [-0.39, 0.29) is 17.9 Å². The number of nitrogens with one attached hydrogen (secondary N) is 3. The van der Waals surface area contributed by atoms with Gasteiger partial charge in [0.25, 0.3) is 0 Å². The van der Waals surface area contributed by atoms with Gasteiger partial charge in [0.15, 0.2) is 5.58 Å². The Kier molecular flexibility index (Phi) is 3.29. The number of hydrogen-bond donors (Lipinski definition) is 3. The number of ether oxygens (including phenoxy) is 1. The summed E-state index contributed by atoms with van der Waals surface area (Å²) in [6, 6.07) is 5.03. The first-order chi connectivity index (χ1) is 9.67. The van der Waals surface area contributed by atoms with Crippen molar-refractivity contribution >= 4 is 22.7 Å². The maximum atomic E-state index is 12.2. The van der Waals surface area contributed by atoms with Crippen LogP contribution in [0, 0.1) is 5.92 Å². The highest BCUT2D eigenvalue weighted by molar-refractivity contribution is 5.94. The van der Waals surface area contributed by atoms with Crippen LogP contribution in [-0.2, 0) is 9.53 Å². The quantitative estimate of drug-likeness (QED) is 0.749. The van der Waals surface area contributed by atoms with Crippen LogP contribution in [0.15, 0.2) is 27.4 Å². The van der Waals surface area contributed by atoms with Gasteiger partial charge in [-0.3, -0.25) is 9.78 Å². The molecule has 2 heterocycles. The van der Waals surface area contributed by atoms with Crippen LogP contribution in [0.25, 0.3) is 11.1 Å². The van der Waals surface area contributed by atoms with Gasteiger partial charge in [0.2, 0.25) is 5.91 Å². The smallest absolute Gasteiger partial charge is 0.408 e. The van der Waals surface area contributed by atoms with Crippen molar-refractivity contribution in [2.45, 2.75) is 6.04 Å². The van der Waals surface area contributed by atoms with E-state index in [0.717, 1.165) is 0 Å². The van der Waals surface area contributed by atoms with Crippen molar-refractivity contribution in [1.82, 2.24) is 10.3 Å². The van der Waals surface area contributed by atoms with Gasteiger partial charge < -0.3 is 19.8 Å². The topological polar surface area (TPSA) is 96.4 Å². The fourth-order valence-corrected chi connectivity index (χ4v) is 2.36. The van der Waals surface area contributed by atoms with Crippen LogP contribution in [0.2, 0.25) is 0 Å². The largest absolute Gasteiger partial charge is 0.417 e. The standard InChI is InChI=1S/C13H15N3O4/c1-14-10-6-19-5-8(10)12(17)15-7-2-3-11-9(4-7)16-13(18)20-11/h2-4,8,10,14H,5-6H2,1H3,(H,15,17)(H,16,18). The highest BCUT2D eigenvalue weighted by Gasteiger charge is 2.32. The minimum absolute atomic E-state index is 0.0208. The maximum Gasteiger partial charge on any atom is 0.417 e. The molecule has 2 aromatic rings. The molecule has 2 atom stereocenters. The van der Waals surface area contributed by atoms with Crippen LogP contribution in [-0.4, -0.2) is 37.2 Å². The second-order valence-corrected chi connectivity index (χ2v) is 4.75. The Balaban J connectivity index is 1.78. The summed E-state index contributed by atoms with van der Waals surface area (Å²) in [7, 11) is 1.81. The van der Waals surface area contributed by atoms with Crippen molar-refractivity contribution in [2.75, 3.05) is 25.6 Å². The molecule has 20 heavy (non-hydrogen) atoms. The van der Waals surface area contributed by atoms with Crippen molar-refractivity contribution in [3.63, 3.8) is 0 Å². The van der Waals surface area contributed by atoms with Gasteiger partial charge in [-0.1, -0.05) is 0 Å². The fourth-order valence-electron chi connectivity index (χ4n) is 2.36. The number of fused-ring (bicyclic) bond motifs is 1. The van der Waals surface area contributed by atoms with E-state index < -0.39 is 5.76 Å². The van der Waals surface area contributed by atoms with Gasteiger partial charge >= 0.3 is 5.76 Å². The molecule has 0 bridgehead atoms. The highest BCUT2D eigenvalue weighted by atomic mass is 16.5. The molecule has 3 N–H and O–H groups in total. The summed E-state index contributed by atoms with van der Waals surface area (Å²) in [4.78, 5) is 25.8. The van der Waals surface area contributed by atoms with Crippen LogP contribution in [0.3, 0.4) is 0 Å². The van der Waals surface area contributed by atoms with Crippen LogP contribution in [0.5, 0.6) is 0 Å². The molecular formula is C13H15N3O4. The number of carbonyl (C=O) groups excluding carboxylic acids is 1. The minimum Gasteiger partial charge on any atom is -0.408 e. The lowest BCUT2D eigenvalue weighted by atomic mass is 10.0. The molecule has 1 aromatic carbocycles. The average molecular weight is 277 g/mol. The first kappa shape index (κ1) is 12.9. The van der Waals surface area contributed by atoms with Crippen molar-refractivity contribution in [3.8, 4) is 0 Å². The van der Waals surface area contributed by atoms with E-state index in [1.165, 1.54) is 0 Å². The van der Waals surface area contributed by atoms with E-state index >= 15 is 0 Å². The lowest BCUT2D eigenvalue weighted by Gasteiger charge is -2.16. The van der Waals surface area contributed by atoms with E-state index in [4.69, 9.17) is 9.15 Å². The second-order valence-electron chi connectivity index (χ2n) is 4.75. The van der Waals surface area contributed by atoms with E-state index in [9.17, 15) is 9.59 Å². The number of oxazole rings is 1. The number of rotatable bonds is 3. The number of likely N-dealkylation sites (N-methyl/N-ethyl adjacent to an activating group) is 1. The molecule has 7 nitrogen and oxygen atoms in total. The van der Waals surface area contributed by atoms with E-state index in [0.29, 0.717) is 30.0 Å². The van der Waals surface area contributed by atoms with Crippen molar-refractivity contribution in [2.24, 2.45) is 5.92 Å². The number of aromatic nitrogens is 1. The summed E-state index contributed by atoms with van der Waals surface area (Å²) in [6.07, 6.45) is 0. The summed E-state index contributed by atoms with van der Waals surface area (Å²) in [5.74, 6) is -0.839. The SMILES string of the molecule is CNC1COCC1C(=O)Nc1ccc2oc(=O)[nH]c2c1. The fraction of sp³-hybridized carbons (Fsp3) is 0.385. The summed E-state index contributed by atoms with van der Waals surface area (Å²) >= 11 is 0. The van der Waals surface area contributed by atoms with Crippen molar-refractivity contribution in [3.05, 3.63) is 28.7 Å². The molecule has 2 unspecified atom stereocenters. The molecular weight excluding hydrogens is 262 g/mol. The zero-order chi connectivity index (χ0) is 14.1. The first-order valence-corrected chi connectivity index (χ1v) is 6.36. The number of carbonyl (C=O) groups is 1. The monoisotopic (exact) mass is 277 g/mol. The van der Waals surface area contributed by atoms with Gasteiger partial charge in [-0.05, 0) is 25.2 Å². The Labute approximate surface area is 114 Å². The lowest BCUT2D eigenvalue weighted by molar-refractivity contribution is -0.120. The second kappa shape index (κ2) is 5.10. The first-order valence-electron chi connectivity index (χ1n) is 6.36. The predicted octanol–water partition coefficient (Wildman–Crippen LogP) is 0.294. The molecule has 106 valence electrons. The maximum absolute atomic E-state index is 12.2.